The van der Waals surface area contributed by atoms with Crippen molar-refractivity contribution in [2.75, 3.05) is 12.4 Å². The maximum absolute atomic E-state index is 13.0. The second-order valence-electron chi connectivity index (χ2n) is 6.66. The average molecular weight is 484 g/mol. The molecule has 1 amide bonds. The van der Waals surface area contributed by atoms with Gasteiger partial charge in [-0.25, -0.2) is 0 Å². The Labute approximate surface area is 198 Å². The Kier molecular flexibility index (Phi) is 7.08. The van der Waals surface area contributed by atoms with Crippen molar-refractivity contribution in [3.8, 4) is 22.1 Å². The monoisotopic (exact) mass is 483 g/mol. The molecule has 0 bridgehead atoms. The van der Waals surface area contributed by atoms with Crippen LogP contribution in [0.2, 0.25) is 5.02 Å². The van der Waals surface area contributed by atoms with Crippen LogP contribution < -0.4 is 14.8 Å². The number of aromatic nitrogens is 4. The largest absolute Gasteiger partial charge is 0.496 e. The summed E-state index contributed by atoms with van der Waals surface area (Å²) in [7, 11) is 1.55. The SMILES string of the molecule is COc1ccccc1-c1cc(CO)ncc1C(=O)Nc1nnc(OCc2ccc(Cl)cn2)s1. The highest BCUT2D eigenvalue weighted by Gasteiger charge is 2.19. The summed E-state index contributed by atoms with van der Waals surface area (Å²) in [5, 5.41) is 21.2. The van der Waals surface area contributed by atoms with Gasteiger partial charge in [-0.2, -0.15) is 0 Å². The number of nitrogens with zero attached hydrogens (tertiary/aromatic N) is 4. The second kappa shape index (κ2) is 10.3. The maximum Gasteiger partial charge on any atom is 0.296 e. The summed E-state index contributed by atoms with van der Waals surface area (Å²) >= 11 is 6.91. The smallest absolute Gasteiger partial charge is 0.296 e. The van der Waals surface area contributed by atoms with Crippen LogP contribution in [0.25, 0.3) is 11.1 Å². The number of nitrogens with one attached hydrogen (secondary N) is 1. The molecule has 0 atom stereocenters. The molecular weight excluding hydrogens is 466 g/mol. The molecule has 0 aliphatic heterocycles. The van der Waals surface area contributed by atoms with Crippen molar-refractivity contribution >= 4 is 34.0 Å². The number of carbonyl (C=O) groups excluding carboxylic acids is 1. The fourth-order valence-corrected chi connectivity index (χ4v) is 3.67. The first-order valence-electron chi connectivity index (χ1n) is 9.68. The molecule has 1 aromatic carbocycles. The van der Waals surface area contributed by atoms with Crippen LogP contribution in [0.1, 0.15) is 21.7 Å². The van der Waals surface area contributed by atoms with Crippen LogP contribution in [-0.2, 0) is 13.2 Å². The van der Waals surface area contributed by atoms with Crippen molar-refractivity contribution in [1.29, 1.82) is 0 Å². The van der Waals surface area contributed by atoms with Crippen LogP contribution >= 0.6 is 22.9 Å². The summed E-state index contributed by atoms with van der Waals surface area (Å²) in [6.07, 6.45) is 2.94. The molecule has 11 heteroatoms. The molecule has 0 aliphatic rings. The third-order valence-electron chi connectivity index (χ3n) is 4.52. The molecule has 4 aromatic rings. The normalized spacial score (nSPS) is 10.6. The minimum atomic E-state index is -0.435. The van der Waals surface area contributed by atoms with E-state index in [1.165, 1.54) is 12.4 Å². The van der Waals surface area contributed by atoms with E-state index in [1.54, 1.807) is 31.4 Å². The quantitative estimate of drug-likeness (QED) is 0.386. The van der Waals surface area contributed by atoms with Gasteiger partial charge in [-0.15, -0.1) is 5.10 Å². The van der Waals surface area contributed by atoms with Gasteiger partial charge in [0.25, 0.3) is 11.1 Å². The number of para-hydroxylation sites is 1. The average Bonchev–Trinajstić information content (AvgIpc) is 3.30. The molecule has 9 nitrogen and oxygen atoms in total. The molecular formula is C22H18ClN5O4S. The number of hydrogen-bond acceptors (Lipinski definition) is 9. The molecule has 3 aromatic heterocycles. The zero-order valence-electron chi connectivity index (χ0n) is 17.4. The molecule has 0 unspecified atom stereocenters. The number of anilines is 1. The van der Waals surface area contributed by atoms with Gasteiger partial charge in [-0.3, -0.25) is 20.1 Å². The minimum Gasteiger partial charge on any atom is -0.496 e. The van der Waals surface area contributed by atoms with E-state index in [4.69, 9.17) is 21.1 Å². The van der Waals surface area contributed by atoms with Gasteiger partial charge in [-0.05, 0) is 35.6 Å². The standard InChI is InChI=1S/C22H18ClN5O4S/c1-31-19-5-3-2-4-16(19)17-8-15(11-29)25-10-18(17)20(30)26-21-27-28-22(33-21)32-12-14-7-6-13(23)9-24-14/h2-10,29H,11-12H2,1H3,(H,26,27,30). The molecule has 0 fully saturated rings. The van der Waals surface area contributed by atoms with Crippen molar-refractivity contribution in [3.63, 3.8) is 0 Å². The van der Waals surface area contributed by atoms with Gasteiger partial charge in [0.1, 0.15) is 12.4 Å². The molecule has 3 heterocycles. The molecule has 0 saturated carbocycles. The highest BCUT2D eigenvalue weighted by Crippen LogP contribution is 2.33. The van der Waals surface area contributed by atoms with Crippen molar-refractivity contribution in [1.82, 2.24) is 20.2 Å². The van der Waals surface area contributed by atoms with E-state index in [0.717, 1.165) is 11.3 Å². The van der Waals surface area contributed by atoms with Crippen LogP contribution in [0.4, 0.5) is 5.13 Å². The predicted octanol–water partition coefficient (Wildman–Crippen LogP) is 3.98. The summed E-state index contributed by atoms with van der Waals surface area (Å²) in [5.41, 5.74) is 2.66. The number of pyridine rings is 2. The first-order chi connectivity index (χ1) is 16.1. The van der Waals surface area contributed by atoms with Crippen molar-refractivity contribution in [3.05, 3.63) is 76.8 Å². The topological polar surface area (TPSA) is 119 Å². The maximum atomic E-state index is 13.0. The Morgan fingerprint density at radius 2 is 1.91 bits per heavy atom. The highest BCUT2D eigenvalue weighted by atomic mass is 35.5. The molecule has 0 radical (unpaired) electrons. The van der Waals surface area contributed by atoms with E-state index in [2.05, 4.69) is 25.5 Å². The Morgan fingerprint density at radius 1 is 1.09 bits per heavy atom. The Bertz CT molecular complexity index is 1270. The van der Waals surface area contributed by atoms with Gasteiger partial charge in [0.15, 0.2) is 0 Å². The van der Waals surface area contributed by atoms with Crippen LogP contribution in [0.15, 0.2) is 54.9 Å². The third-order valence-corrected chi connectivity index (χ3v) is 5.50. The number of halogens is 1. The number of methoxy groups -OCH3 is 1. The molecule has 0 aliphatic carbocycles. The van der Waals surface area contributed by atoms with Gasteiger partial charge in [-0.1, -0.05) is 34.9 Å². The van der Waals surface area contributed by atoms with Crippen LogP contribution in [-0.4, -0.2) is 38.3 Å². The zero-order chi connectivity index (χ0) is 23.2. The van der Waals surface area contributed by atoms with Crippen molar-refractivity contribution < 1.29 is 19.4 Å². The van der Waals surface area contributed by atoms with Gasteiger partial charge in [0.05, 0.1) is 35.7 Å². The zero-order valence-corrected chi connectivity index (χ0v) is 18.9. The lowest BCUT2D eigenvalue weighted by Gasteiger charge is -2.13. The number of hydrogen-bond donors (Lipinski definition) is 2. The van der Waals surface area contributed by atoms with Crippen LogP contribution in [0, 0.1) is 0 Å². The van der Waals surface area contributed by atoms with Gasteiger partial charge >= 0.3 is 0 Å². The third kappa shape index (κ3) is 5.43. The van der Waals surface area contributed by atoms with Gasteiger partial charge < -0.3 is 14.6 Å². The number of aliphatic hydroxyl groups excluding tert-OH is 1. The molecule has 2 N–H and O–H groups in total. The molecule has 168 valence electrons. The van der Waals surface area contributed by atoms with Gasteiger partial charge in [0.2, 0.25) is 5.13 Å². The highest BCUT2D eigenvalue weighted by molar-refractivity contribution is 7.17. The summed E-state index contributed by atoms with van der Waals surface area (Å²) in [6, 6.07) is 12.4. The van der Waals surface area contributed by atoms with E-state index in [-0.39, 0.29) is 23.5 Å². The number of rotatable bonds is 8. The number of carbonyl (C=O) groups is 1. The first kappa shape index (κ1) is 22.6. The van der Waals surface area contributed by atoms with E-state index in [0.29, 0.717) is 38.9 Å². The summed E-state index contributed by atoms with van der Waals surface area (Å²) < 4.78 is 11.0. The lowest BCUT2D eigenvalue weighted by molar-refractivity contribution is 0.102. The minimum absolute atomic E-state index is 0.185. The Morgan fingerprint density at radius 3 is 2.67 bits per heavy atom. The summed E-state index contributed by atoms with van der Waals surface area (Å²) in [6.45, 7) is -0.0755. The van der Waals surface area contributed by atoms with E-state index >= 15 is 0 Å². The Balaban J connectivity index is 1.52. The van der Waals surface area contributed by atoms with E-state index in [1.807, 2.05) is 18.2 Å². The molecule has 33 heavy (non-hydrogen) atoms. The fourth-order valence-electron chi connectivity index (χ4n) is 2.97. The Hall–Kier alpha value is -3.60. The van der Waals surface area contributed by atoms with Crippen LogP contribution in [0.5, 0.6) is 10.9 Å². The number of amides is 1. The summed E-state index contributed by atoms with van der Waals surface area (Å²) in [4.78, 5) is 21.3. The number of ether oxygens (including phenoxy) is 2. The molecule has 0 saturated heterocycles. The fraction of sp³-hybridized carbons (Fsp3) is 0.136. The first-order valence-corrected chi connectivity index (χ1v) is 10.9. The number of benzene rings is 1. The van der Waals surface area contributed by atoms with Crippen LogP contribution in [0.3, 0.4) is 0 Å². The second-order valence-corrected chi connectivity index (χ2v) is 8.04. The van der Waals surface area contributed by atoms with Crippen molar-refractivity contribution in [2.24, 2.45) is 0 Å². The molecule has 4 rings (SSSR count). The number of aliphatic hydroxyl groups is 1. The summed E-state index contributed by atoms with van der Waals surface area (Å²) in [5.74, 6) is 0.152. The lowest BCUT2D eigenvalue weighted by atomic mass is 9.99. The molecule has 0 spiro atoms. The van der Waals surface area contributed by atoms with E-state index in [9.17, 15) is 9.90 Å². The lowest BCUT2D eigenvalue weighted by Crippen LogP contribution is -2.14. The van der Waals surface area contributed by atoms with Gasteiger partial charge in [0, 0.05) is 23.5 Å². The predicted molar refractivity (Wildman–Crippen MR) is 124 cm³/mol. The van der Waals surface area contributed by atoms with E-state index < -0.39 is 5.91 Å². The van der Waals surface area contributed by atoms with Crippen molar-refractivity contribution in [2.45, 2.75) is 13.2 Å².